The predicted molar refractivity (Wildman–Crippen MR) is 85.5 cm³/mol. The van der Waals surface area contributed by atoms with Crippen LogP contribution in [0.5, 0.6) is 0 Å². The van der Waals surface area contributed by atoms with E-state index in [1.54, 1.807) is 0 Å². The van der Waals surface area contributed by atoms with Crippen LogP contribution in [0.15, 0.2) is 12.2 Å². The van der Waals surface area contributed by atoms with E-state index in [-0.39, 0.29) is 30.4 Å². The molecule has 0 aromatic heterocycles. The average Bonchev–Trinajstić information content (AvgIpc) is 3.19. The zero-order valence-electron chi connectivity index (χ0n) is 14.6. The van der Waals surface area contributed by atoms with E-state index in [1.165, 1.54) is 6.42 Å². The number of hydrogen-bond donors (Lipinski definition) is 0. The first-order chi connectivity index (χ1) is 10.8. The van der Waals surface area contributed by atoms with Crippen molar-refractivity contribution < 1.29 is 19.0 Å². The zero-order chi connectivity index (χ0) is 16.4. The summed E-state index contributed by atoms with van der Waals surface area (Å²) in [6.07, 6.45) is 7.02. The molecule has 4 nitrogen and oxygen atoms in total. The minimum Gasteiger partial charge on any atom is -0.438 e. The second kappa shape index (κ2) is 5.06. The van der Waals surface area contributed by atoms with E-state index in [1.807, 2.05) is 6.92 Å². The molecule has 0 N–H and O–H groups in total. The Morgan fingerprint density at radius 1 is 1.26 bits per heavy atom. The van der Waals surface area contributed by atoms with Crippen LogP contribution in [0.25, 0.3) is 0 Å². The smallest absolute Gasteiger partial charge is 0.316 e. The van der Waals surface area contributed by atoms with Crippen LogP contribution >= 0.6 is 0 Å². The first-order valence-corrected chi connectivity index (χ1v) is 8.88. The first-order valence-electron chi connectivity index (χ1n) is 8.88. The second-order valence-electron chi connectivity index (χ2n) is 9.28. The van der Waals surface area contributed by atoms with Gasteiger partial charge < -0.3 is 14.2 Å². The summed E-state index contributed by atoms with van der Waals surface area (Å²) in [7, 11) is 0. The standard InChI is InChI=1S/C19H28O4/c1-18(2,3)9-21-10-22-17(20)19(4)8-13-14-11-5-6-12(7-11)15(14)16(19)23-13/h5-6,11-16H,7-10H2,1-4H3. The number of rotatable bonds is 4. The maximum Gasteiger partial charge on any atom is 0.316 e. The number of fused-ring (bicyclic) bond motifs is 9. The highest BCUT2D eigenvalue weighted by Crippen LogP contribution is 2.64. The maximum atomic E-state index is 12.7. The molecule has 4 bridgehead atoms. The molecule has 23 heavy (non-hydrogen) atoms. The van der Waals surface area contributed by atoms with Crippen LogP contribution in [-0.2, 0) is 19.0 Å². The monoisotopic (exact) mass is 320 g/mol. The van der Waals surface area contributed by atoms with Gasteiger partial charge in [-0.05, 0) is 48.9 Å². The van der Waals surface area contributed by atoms with Crippen LogP contribution < -0.4 is 0 Å². The molecular formula is C19H28O4. The molecule has 128 valence electrons. The van der Waals surface area contributed by atoms with E-state index in [2.05, 4.69) is 32.9 Å². The fourth-order valence-electron chi connectivity index (χ4n) is 5.32. The lowest BCUT2D eigenvalue weighted by atomic mass is 9.63. The van der Waals surface area contributed by atoms with Gasteiger partial charge in [-0.15, -0.1) is 0 Å². The summed E-state index contributed by atoms with van der Waals surface area (Å²) in [6.45, 7) is 8.95. The summed E-state index contributed by atoms with van der Waals surface area (Å²) < 4.78 is 17.2. The Morgan fingerprint density at radius 2 is 1.96 bits per heavy atom. The highest BCUT2D eigenvalue weighted by Gasteiger charge is 2.68. The molecule has 1 saturated carbocycles. The number of carbonyl (C=O) groups excluding carboxylic acids is 1. The minimum absolute atomic E-state index is 0.0209. The number of esters is 1. The molecule has 0 aromatic rings. The number of carbonyl (C=O) groups is 1. The van der Waals surface area contributed by atoms with E-state index in [4.69, 9.17) is 14.2 Å². The molecular weight excluding hydrogens is 292 g/mol. The topological polar surface area (TPSA) is 44.8 Å². The fraction of sp³-hybridized carbons (Fsp3) is 0.842. The van der Waals surface area contributed by atoms with Crippen molar-refractivity contribution in [3.63, 3.8) is 0 Å². The summed E-state index contributed by atoms with van der Waals surface area (Å²) in [6, 6.07) is 0. The average molecular weight is 320 g/mol. The van der Waals surface area contributed by atoms with Crippen molar-refractivity contribution in [3.05, 3.63) is 12.2 Å². The van der Waals surface area contributed by atoms with E-state index in [9.17, 15) is 4.79 Å². The first kappa shape index (κ1) is 15.6. The van der Waals surface area contributed by atoms with Gasteiger partial charge in [0.05, 0.1) is 24.2 Å². The van der Waals surface area contributed by atoms with Crippen LogP contribution in [0.3, 0.4) is 0 Å². The van der Waals surface area contributed by atoms with Crippen LogP contribution in [0.2, 0.25) is 0 Å². The van der Waals surface area contributed by atoms with Crippen LogP contribution in [0.1, 0.15) is 40.5 Å². The summed E-state index contributed by atoms with van der Waals surface area (Å²) in [5.41, 5.74) is -0.427. The molecule has 2 saturated heterocycles. The maximum absolute atomic E-state index is 12.7. The highest BCUT2D eigenvalue weighted by atomic mass is 16.7. The van der Waals surface area contributed by atoms with Crippen molar-refractivity contribution in [1.82, 2.24) is 0 Å². The van der Waals surface area contributed by atoms with Crippen molar-refractivity contribution >= 4 is 5.97 Å². The van der Waals surface area contributed by atoms with E-state index < -0.39 is 5.41 Å². The van der Waals surface area contributed by atoms with Crippen molar-refractivity contribution in [2.75, 3.05) is 13.4 Å². The Labute approximate surface area is 138 Å². The zero-order valence-corrected chi connectivity index (χ0v) is 14.6. The summed E-state index contributed by atoms with van der Waals surface area (Å²) in [5.74, 6) is 2.27. The highest BCUT2D eigenvalue weighted by molar-refractivity contribution is 5.78. The molecule has 4 heteroatoms. The molecule has 7 atom stereocenters. The van der Waals surface area contributed by atoms with Crippen LogP contribution in [-0.4, -0.2) is 31.6 Å². The molecule has 7 unspecified atom stereocenters. The molecule has 0 aromatic carbocycles. The van der Waals surface area contributed by atoms with E-state index >= 15 is 0 Å². The fourth-order valence-corrected chi connectivity index (χ4v) is 5.32. The lowest BCUT2D eigenvalue weighted by Gasteiger charge is -2.38. The van der Waals surface area contributed by atoms with Crippen molar-refractivity contribution in [2.24, 2.45) is 34.5 Å². The van der Waals surface area contributed by atoms with Gasteiger partial charge in [0.25, 0.3) is 0 Å². The summed E-state index contributed by atoms with van der Waals surface area (Å²) in [4.78, 5) is 12.7. The second-order valence-corrected chi connectivity index (χ2v) is 9.28. The molecule has 2 heterocycles. The summed E-state index contributed by atoms with van der Waals surface area (Å²) >= 11 is 0. The Balaban J connectivity index is 1.38. The normalized spacial score (nSPS) is 46.4. The summed E-state index contributed by atoms with van der Waals surface area (Å²) in [5, 5.41) is 0. The third-order valence-electron chi connectivity index (χ3n) is 6.21. The number of ether oxygens (including phenoxy) is 3. The van der Waals surface area contributed by atoms with E-state index in [0.717, 1.165) is 6.42 Å². The molecule has 2 aliphatic heterocycles. The third kappa shape index (κ3) is 2.37. The van der Waals surface area contributed by atoms with Crippen molar-refractivity contribution in [2.45, 2.75) is 52.7 Å². The Morgan fingerprint density at radius 3 is 2.65 bits per heavy atom. The van der Waals surface area contributed by atoms with Gasteiger partial charge in [0.15, 0.2) is 6.79 Å². The van der Waals surface area contributed by atoms with Gasteiger partial charge in [0.1, 0.15) is 0 Å². The number of hydrogen-bond acceptors (Lipinski definition) is 4. The largest absolute Gasteiger partial charge is 0.438 e. The van der Waals surface area contributed by atoms with E-state index in [0.29, 0.717) is 30.3 Å². The van der Waals surface area contributed by atoms with Gasteiger partial charge in [-0.1, -0.05) is 32.9 Å². The molecule has 0 spiro atoms. The third-order valence-corrected chi connectivity index (χ3v) is 6.21. The Kier molecular flexibility index (Phi) is 3.44. The minimum atomic E-state index is -0.505. The van der Waals surface area contributed by atoms with Gasteiger partial charge in [-0.25, -0.2) is 0 Å². The molecule has 0 radical (unpaired) electrons. The van der Waals surface area contributed by atoms with Gasteiger partial charge in [-0.2, -0.15) is 0 Å². The Bertz CT molecular complexity index is 534. The molecule has 4 rings (SSSR count). The lowest BCUT2D eigenvalue weighted by Crippen LogP contribution is -2.47. The quantitative estimate of drug-likeness (QED) is 0.345. The lowest BCUT2D eigenvalue weighted by molar-refractivity contribution is -0.174. The molecule has 3 fully saturated rings. The van der Waals surface area contributed by atoms with Gasteiger partial charge in [-0.3, -0.25) is 4.79 Å². The van der Waals surface area contributed by atoms with Gasteiger partial charge in [0, 0.05) is 0 Å². The van der Waals surface area contributed by atoms with Gasteiger partial charge in [0.2, 0.25) is 0 Å². The van der Waals surface area contributed by atoms with Crippen molar-refractivity contribution in [3.8, 4) is 0 Å². The number of allylic oxidation sites excluding steroid dienone is 2. The van der Waals surface area contributed by atoms with Crippen molar-refractivity contribution in [1.29, 1.82) is 0 Å². The predicted octanol–water partition coefficient (Wildman–Crippen LogP) is 3.17. The molecule has 2 aliphatic carbocycles. The molecule has 4 aliphatic rings. The van der Waals surface area contributed by atoms with Crippen LogP contribution in [0.4, 0.5) is 0 Å². The SMILES string of the molecule is CC(C)(C)COCOC(=O)C1(C)CC2OC1C1C3C=CC(C3)C21. The van der Waals surface area contributed by atoms with Gasteiger partial charge >= 0.3 is 5.97 Å². The Hall–Kier alpha value is -0.870. The molecule has 0 amide bonds. The van der Waals surface area contributed by atoms with Crippen LogP contribution in [0, 0.1) is 34.5 Å².